The molecule has 0 aliphatic rings. The van der Waals surface area contributed by atoms with E-state index in [9.17, 15) is 9.90 Å². The molecule has 0 heterocycles. The Morgan fingerprint density at radius 1 is 1.42 bits per heavy atom. The summed E-state index contributed by atoms with van der Waals surface area (Å²) in [6, 6.07) is 4.70. The summed E-state index contributed by atoms with van der Waals surface area (Å²) in [6.45, 7) is 1.57. The van der Waals surface area contributed by atoms with Gasteiger partial charge in [0.25, 0.3) is 0 Å². The maximum atomic E-state index is 11.5. The van der Waals surface area contributed by atoms with Crippen molar-refractivity contribution < 1.29 is 24.1 Å². The minimum absolute atomic E-state index is 0.130. The van der Waals surface area contributed by atoms with Gasteiger partial charge in [-0.25, -0.2) is 4.79 Å². The molecule has 0 aromatic heterocycles. The Bertz CT molecular complexity index is 482. The highest BCUT2D eigenvalue weighted by Crippen LogP contribution is 2.29. The van der Waals surface area contributed by atoms with E-state index in [1.54, 1.807) is 25.1 Å². The number of carbonyl (C=O) groups is 1. The van der Waals surface area contributed by atoms with Crippen molar-refractivity contribution in [2.45, 2.75) is 13.0 Å². The van der Waals surface area contributed by atoms with Crippen LogP contribution in [-0.4, -0.2) is 25.3 Å². The summed E-state index contributed by atoms with van der Waals surface area (Å²) in [7, 11) is 2.61. The lowest BCUT2D eigenvalue weighted by Gasteiger charge is -2.14. The minimum Gasteiger partial charge on any atom is -0.500 e. The number of carbonyl (C=O) groups excluding carboxylic acids is 1. The molecule has 0 aliphatic heterocycles. The number of hydrogen-bond donors (Lipinski definition) is 1. The summed E-state index contributed by atoms with van der Waals surface area (Å²) in [4.78, 5) is 11.5. The zero-order valence-corrected chi connectivity index (χ0v) is 11.6. The smallest absolute Gasteiger partial charge is 0.377 e. The summed E-state index contributed by atoms with van der Waals surface area (Å²) in [6.07, 6.45) is 0.321. The van der Waals surface area contributed by atoms with Gasteiger partial charge in [-0.05, 0) is 25.1 Å². The van der Waals surface area contributed by atoms with Crippen molar-refractivity contribution >= 4 is 17.6 Å². The van der Waals surface area contributed by atoms with Crippen molar-refractivity contribution in [1.82, 2.24) is 0 Å². The van der Waals surface area contributed by atoms with Crippen molar-refractivity contribution in [3.8, 4) is 5.75 Å². The first-order chi connectivity index (χ1) is 8.99. The molecular weight excluding hydrogens is 272 g/mol. The molecule has 0 amide bonds. The Hall–Kier alpha value is -1.72. The Morgan fingerprint density at radius 2 is 2.11 bits per heavy atom. The standard InChI is InChI=1S/C13H15ClO5/c1-8(15)10-6-9(14)4-5-11(10)19-12(7-17-2)13(16)18-3/h4-8,15H,1-3H3. The molecule has 6 heteroatoms. The van der Waals surface area contributed by atoms with Crippen LogP contribution in [0.3, 0.4) is 0 Å². The van der Waals surface area contributed by atoms with E-state index in [0.717, 1.165) is 6.26 Å². The average molecular weight is 287 g/mol. The fourth-order valence-corrected chi connectivity index (χ4v) is 1.56. The average Bonchev–Trinajstić information content (AvgIpc) is 2.38. The SMILES string of the molecule is COC=C(Oc1ccc(Cl)cc1C(C)O)C(=O)OC. The lowest BCUT2D eigenvalue weighted by atomic mass is 10.1. The Labute approximate surface area is 116 Å². The summed E-state index contributed by atoms with van der Waals surface area (Å²) < 4.78 is 14.7. The van der Waals surface area contributed by atoms with Crippen molar-refractivity contribution in [3.05, 3.63) is 40.8 Å². The van der Waals surface area contributed by atoms with Crippen molar-refractivity contribution in [2.24, 2.45) is 0 Å². The number of halogens is 1. The highest BCUT2D eigenvalue weighted by molar-refractivity contribution is 6.30. The van der Waals surface area contributed by atoms with Crippen LogP contribution in [0.25, 0.3) is 0 Å². The second-order valence-corrected chi connectivity index (χ2v) is 4.11. The molecule has 0 aliphatic carbocycles. The van der Waals surface area contributed by atoms with Crippen LogP contribution in [0.1, 0.15) is 18.6 Å². The highest BCUT2D eigenvalue weighted by atomic mass is 35.5. The molecule has 1 N–H and O–H groups in total. The maximum absolute atomic E-state index is 11.5. The monoisotopic (exact) mass is 286 g/mol. The number of methoxy groups -OCH3 is 2. The van der Waals surface area contributed by atoms with Crippen LogP contribution in [0.5, 0.6) is 5.75 Å². The Kier molecular flexibility index (Phi) is 5.66. The molecule has 0 saturated carbocycles. The first kappa shape index (κ1) is 15.3. The molecule has 0 spiro atoms. The van der Waals surface area contributed by atoms with Gasteiger partial charge in [0.1, 0.15) is 12.0 Å². The molecule has 5 nitrogen and oxygen atoms in total. The number of rotatable bonds is 5. The van der Waals surface area contributed by atoms with E-state index in [4.69, 9.17) is 21.1 Å². The Balaban J connectivity index is 3.09. The number of aliphatic hydroxyl groups excluding tert-OH is 1. The zero-order chi connectivity index (χ0) is 14.4. The second kappa shape index (κ2) is 7.01. The van der Waals surface area contributed by atoms with Crippen LogP contribution in [0.4, 0.5) is 0 Å². The summed E-state index contributed by atoms with van der Waals surface area (Å²) in [5.41, 5.74) is 0.457. The van der Waals surface area contributed by atoms with Gasteiger partial charge in [-0.15, -0.1) is 0 Å². The van der Waals surface area contributed by atoms with Crippen LogP contribution in [0.2, 0.25) is 5.02 Å². The van der Waals surface area contributed by atoms with Gasteiger partial charge in [-0.1, -0.05) is 11.6 Å². The third kappa shape index (κ3) is 4.15. The topological polar surface area (TPSA) is 65.0 Å². The Morgan fingerprint density at radius 3 is 2.63 bits per heavy atom. The molecule has 0 bridgehead atoms. The molecule has 1 aromatic rings. The van der Waals surface area contributed by atoms with Gasteiger partial charge in [0, 0.05) is 10.6 Å². The van der Waals surface area contributed by atoms with Crippen LogP contribution in [-0.2, 0) is 14.3 Å². The lowest BCUT2D eigenvalue weighted by Crippen LogP contribution is -2.12. The van der Waals surface area contributed by atoms with Gasteiger partial charge in [-0.3, -0.25) is 0 Å². The molecule has 104 valence electrons. The summed E-state index contributed by atoms with van der Waals surface area (Å²) >= 11 is 5.85. The van der Waals surface area contributed by atoms with Crippen LogP contribution in [0, 0.1) is 0 Å². The van der Waals surface area contributed by atoms with E-state index in [0.29, 0.717) is 16.3 Å². The van der Waals surface area contributed by atoms with E-state index < -0.39 is 12.1 Å². The van der Waals surface area contributed by atoms with Crippen molar-refractivity contribution in [3.63, 3.8) is 0 Å². The molecule has 0 saturated heterocycles. The molecular formula is C13H15ClO5. The van der Waals surface area contributed by atoms with Crippen LogP contribution >= 0.6 is 11.6 Å². The maximum Gasteiger partial charge on any atom is 0.377 e. The summed E-state index contributed by atoms with van der Waals surface area (Å²) in [5.74, 6) is -0.518. The number of hydrogen-bond acceptors (Lipinski definition) is 5. The largest absolute Gasteiger partial charge is 0.500 e. The van der Waals surface area contributed by atoms with E-state index in [2.05, 4.69) is 4.74 Å². The van der Waals surface area contributed by atoms with Gasteiger partial charge in [0.2, 0.25) is 5.76 Å². The molecule has 1 aromatic carbocycles. The summed E-state index contributed by atoms with van der Waals surface area (Å²) in [5, 5.41) is 10.1. The van der Waals surface area contributed by atoms with Crippen molar-refractivity contribution in [1.29, 1.82) is 0 Å². The predicted molar refractivity (Wildman–Crippen MR) is 69.8 cm³/mol. The third-order valence-electron chi connectivity index (χ3n) is 2.25. The number of ether oxygens (including phenoxy) is 3. The fourth-order valence-electron chi connectivity index (χ4n) is 1.38. The van der Waals surface area contributed by atoms with Gasteiger partial charge in [0.15, 0.2) is 0 Å². The van der Waals surface area contributed by atoms with Crippen molar-refractivity contribution in [2.75, 3.05) is 14.2 Å². The van der Waals surface area contributed by atoms with Gasteiger partial charge in [0.05, 0.1) is 20.3 Å². The van der Waals surface area contributed by atoms with E-state index in [-0.39, 0.29) is 5.76 Å². The fraction of sp³-hybridized carbons (Fsp3) is 0.308. The first-order valence-corrected chi connectivity index (χ1v) is 5.84. The number of benzene rings is 1. The highest BCUT2D eigenvalue weighted by Gasteiger charge is 2.17. The normalized spacial score (nSPS) is 12.8. The zero-order valence-electron chi connectivity index (χ0n) is 10.8. The molecule has 0 radical (unpaired) electrons. The van der Waals surface area contributed by atoms with Crippen LogP contribution < -0.4 is 4.74 Å². The quantitative estimate of drug-likeness (QED) is 0.512. The molecule has 1 rings (SSSR count). The first-order valence-electron chi connectivity index (χ1n) is 5.46. The predicted octanol–water partition coefficient (Wildman–Crippen LogP) is 2.43. The number of aliphatic hydroxyl groups is 1. The van der Waals surface area contributed by atoms with Gasteiger partial charge in [-0.2, -0.15) is 0 Å². The molecule has 1 atom stereocenters. The molecule has 1 unspecified atom stereocenters. The molecule has 0 fully saturated rings. The second-order valence-electron chi connectivity index (χ2n) is 3.67. The van der Waals surface area contributed by atoms with Gasteiger partial charge < -0.3 is 19.3 Å². The van der Waals surface area contributed by atoms with E-state index >= 15 is 0 Å². The lowest BCUT2D eigenvalue weighted by molar-refractivity contribution is -0.138. The van der Waals surface area contributed by atoms with E-state index in [1.807, 2.05) is 0 Å². The van der Waals surface area contributed by atoms with Crippen LogP contribution in [0.15, 0.2) is 30.2 Å². The number of esters is 1. The van der Waals surface area contributed by atoms with Gasteiger partial charge >= 0.3 is 5.97 Å². The van der Waals surface area contributed by atoms with E-state index in [1.165, 1.54) is 14.2 Å². The minimum atomic E-state index is -0.796. The molecule has 19 heavy (non-hydrogen) atoms. The third-order valence-corrected chi connectivity index (χ3v) is 2.49.